The van der Waals surface area contributed by atoms with Gasteiger partial charge in [-0.05, 0) is 19.3 Å². The minimum Gasteiger partial charge on any atom is -0.328 e. The van der Waals surface area contributed by atoms with Crippen molar-refractivity contribution in [2.24, 2.45) is 5.73 Å². The van der Waals surface area contributed by atoms with Crippen LogP contribution in [0.5, 0.6) is 0 Å². The highest BCUT2D eigenvalue weighted by Gasteiger charge is 2.07. The highest BCUT2D eigenvalue weighted by atomic mass is 127. The molecule has 0 radical (unpaired) electrons. The zero-order valence-corrected chi connectivity index (χ0v) is 9.80. The molecule has 0 aromatic carbocycles. The SMILES string of the molecule is CCCC(N)C[C@H](I)CCC. The normalized spacial score (nSPS) is 16.4. The quantitative estimate of drug-likeness (QED) is 0.582. The van der Waals surface area contributed by atoms with Crippen LogP contribution in [0.1, 0.15) is 46.0 Å². The van der Waals surface area contributed by atoms with Crippen molar-refractivity contribution in [2.45, 2.75) is 55.9 Å². The zero-order chi connectivity index (χ0) is 8.69. The van der Waals surface area contributed by atoms with E-state index in [0.717, 1.165) is 3.92 Å². The van der Waals surface area contributed by atoms with Crippen LogP contribution in [0.15, 0.2) is 0 Å². The molecular formula is C9H20IN. The number of nitrogens with two attached hydrogens (primary N) is 1. The Morgan fingerprint density at radius 1 is 1.18 bits per heavy atom. The molecule has 11 heavy (non-hydrogen) atoms. The van der Waals surface area contributed by atoms with Crippen LogP contribution in [0.4, 0.5) is 0 Å². The molecule has 0 saturated carbocycles. The van der Waals surface area contributed by atoms with E-state index < -0.39 is 0 Å². The van der Waals surface area contributed by atoms with Crippen molar-refractivity contribution in [1.29, 1.82) is 0 Å². The van der Waals surface area contributed by atoms with E-state index in [1.807, 2.05) is 0 Å². The summed E-state index contributed by atoms with van der Waals surface area (Å²) in [5.74, 6) is 0. The van der Waals surface area contributed by atoms with Gasteiger partial charge in [0.1, 0.15) is 0 Å². The van der Waals surface area contributed by atoms with E-state index >= 15 is 0 Å². The fraction of sp³-hybridized carbons (Fsp3) is 1.00. The maximum Gasteiger partial charge on any atom is 0.0124 e. The summed E-state index contributed by atoms with van der Waals surface area (Å²) in [7, 11) is 0. The monoisotopic (exact) mass is 269 g/mol. The molecule has 0 aliphatic heterocycles. The van der Waals surface area contributed by atoms with Crippen LogP contribution in [0, 0.1) is 0 Å². The number of rotatable bonds is 6. The Kier molecular flexibility index (Phi) is 7.81. The number of halogens is 1. The van der Waals surface area contributed by atoms with Crippen LogP contribution in [-0.2, 0) is 0 Å². The lowest BCUT2D eigenvalue weighted by Crippen LogP contribution is -2.23. The third kappa shape index (κ3) is 7.06. The lowest BCUT2D eigenvalue weighted by atomic mass is 10.1. The van der Waals surface area contributed by atoms with Crippen molar-refractivity contribution in [3.63, 3.8) is 0 Å². The van der Waals surface area contributed by atoms with Crippen LogP contribution >= 0.6 is 22.6 Å². The summed E-state index contributed by atoms with van der Waals surface area (Å²) in [6, 6.07) is 0.438. The molecule has 2 atom stereocenters. The predicted octanol–water partition coefficient (Wildman–Crippen LogP) is 3.11. The number of alkyl halides is 1. The van der Waals surface area contributed by atoms with Crippen LogP contribution in [0.3, 0.4) is 0 Å². The molecule has 0 amide bonds. The second-order valence-corrected chi connectivity index (χ2v) is 4.93. The lowest BCUT2D eigenvalue weighted by molar-refractivity contribution is 0.541. The zero-order valence-electron chi connectivity index (χ0n) is 7.65. The molecule has 2 N–H and O–H groups in total. The largest absolute Gasteiger partial charge is 0.328 e. The van der Waals surface area contributed by atoms with Gasteiger partial charge in [-0.25, -0.2) is 0 Å². The minimum absolute atomic E-state index is 0.438. The molecule has 0 aromatic heterocycles. The summed E-state index contributed by atoms with van der Waals surface area (Å²) in [5.41, 5.74) is 5.91. The third-order valence-electron chi connectivity index (χ3n) is 1.82. The summed E-state index contributed by atoms with van der Waals surface area (Å²) in [4.78, 5) is 0. The van der Waals surface area contributed by atoms with E-state index in [9.17, 15) is 0 Å². The van der Waals surface area contributed by atoms with Gasteiger partial charge < -0.3 is 5.73 Å². The second-order valence-electron chi connectivity index (χ2n) is 3.17. The van der Waals surface area contributed by atoms with Gasteiger partial charge in [0.2, 0.25) is 0 Å². The van der Waals surface area contributed by atoms with Crippen molar-refractivity contribution in [3.05, 3.63) is 0 Å². The highest BCUT2D eigenvalue weighted by Crippen LogP contribution is 2.15. The molecule has 0 heterocycles. The maximum atomic E-state index is 5.91. The van der Waals surface area contributed by atoms with E-state index in [1.54, 1.807) is 0 Å². The second kappa shape index (κ2) is 7.35. The first kappa shape index (κ1) is 11.7. The van der Waals surface area contributed by atoms with Crippen molar-refractivity contribution >= 4 is 22.6 Å². The predicted molar refractivity (Wildman–Crippen MR) is 60.2 cm³/mol. The third-order valence-corrected chi connectivity index (χ3v) is 2.95. The van der Waals surface area contributed by atoms with E-state index in [-0.39, 0.29) is 0 Å². The average molecular weight is 269 g/mol. The first-order chi connectivity index (χ1) is 5.20. The van der Waals surface area contributed by atoms with Crippen molar-refractivity contribution in [2.75, 3.05) is 0 Å². The molecule has 0 spiro atoms. The average Bonchev–Trinajstić information content (AvgIpc) is 1.87. The standard InChI is InChI=1S/C9H20IN/c1-3-5-8(10)7-9(11)6-4-2/h8-9H,3-7,11H2,1-2H3/t8-,9?/m1/s1. The fourth-order valence-corrected chi connectivity index (χ4v) is 2.52. The Labute approximate surface area is 84.3 Å². The highest BCUT2D eigenvalue weighted by molar-refractivity contribution is 14.1. The van der Waals surface area contributed by atoms with Crippen LogP contribution in [0.2, 0.25) is 0 Å². The van der Waals surface area contributed by atoms with Gasteiger partial charge in [0.15, 0.2) is 0 Å². The van der Waals surface area contributed by atoms with Crippen LogP contribution in [0.25, 0.3) is 0 Å². The van der Waals surface area contributed by atoms with Gasteiger partial charge in [-0.2, -0.15) is 0 Å². The van der Waals surface area contributed by atoms with E-state index in [1.165, 1.54) is 32.1 Å². The first-order valence-corrected chi connectivity index (χ1v) is 5.84. The molecule has 0 aliphatic rings. The molecular weight excluding hydrogens is 249 g/mol. The van der Waals surface area contributed by atoms with E-state index in [0.29, 0.717) is 6.04 Å². The Morgan fingerprint density at radius 2 is 1.73 bits per heavy atom. The Bertz CT molecular complexity index is 75.6. The molecule has 0 saturated heterocycles. The van der Waals surface area contributed by atoms with Gasteiger partial charge in [-0.1, -0.05) is 49.3 Å². The van der Waals surface area contributed by atoms with Crippen LogP contribution in [-0.4, -0.2) is 9.97 Å². The van der Waals surface area contributed by atoms with E-state index in [2.05, 4.69) is 36.4 Å². The van der Waals surface area contributed by atoms with Gasteiger partial charge in [-0.15, -0.1) is 0 Å². The van der Waals surface area contributed by atoms with Crippen molar-refractivity contribution in [3.8, 4) is 0 Å². The lowest BCUT2D eigenvalue weighted by Gasteiger charge is -2.14. The number of hydrogen-bond donors (Lipinski definition) is 1. The molecule has 2 heteroatoms. The summed E-state index contributed by atoms with van der Waals surface area (Å²) in [6.07, 6.45) is 6.20. The van der Waals surface area contributed by atoms with Gasteiger partial charge in [0.25, 0.3) is 0 Å². The molecule has 0 aliphatic carbocycles. The molecule has 0 aromatic rings. The van der Waals surface area contributed by atoms with Gasteiger partial charge >= 0.3 is 0 Å². The maximum absolute atomic E-state index is 5.91. The summed E-state index contributed by atoms with van der Waals surface area (Å²) in [6.45, 7) is 4.43. The molecule has 0 bridgehead atoms. The van der Waals surface area contributed by atoms with Gasteiger partial charge in [0.05, 0.1) is 0 Å². The molecule has 0 rings (SSSR count). The number of hydrogen-bond acceptors (Lipinski definition) is 1. The minimum atomic E-state index is 0.438. The first-order valence-electron chi connectivity index (χ1n) is 4.60. The van der Waals surface area contributed by atoms with Crippen LogP contribution < -0.4 is 5.73 Å². The summed E-state index contributed by atoms with van der Waals surface area (Å²) >= 11 is 2.52. The van der Waals surface area contributed by atoms with Gasteiger partial charge in [-0.3, -0.25) is 0 Å². The fourth-order valence-electron chi connectivity index (χ4n) is 1.25. The Hall–Kier alpha value is 0.690. The Balaban J connectivity index is 3.32. The van der Waals surface area contributed by atoms with Gasteiger partial charge in [0, 0.05) is 9.97 Å². The molecule has 0 fully saturated rings. The van der Waals surface area contributed by atoms with Crippen molar-refractivity contribution < 1.29 is 0 Å². The van der Waals surface area contributed by atoms with E-state index in [4.69, 9.17) is 5.73 Å². The molecule has 68 valence electrons. The summed E-state index contributed by atoms with van der Waals surface area (Å²) < 4.78 is 0.791. The summed E-state index contributed by atoms with van der Waals surface area (Å²) in [5, 5.41) is 0. The Morgan fingerprint density at radius 3 is 2.18 bits per heavy atom. The van der Waals surface area contributed by atoms with Crippen molar-refractivity contribution in [1.82, 2.24) is 0 Å². The molecule has 1 nitrogen and oxygen atoms in total. The topological polar surface area (TPSA) is 26.0 Å². The molecule has 1 unspecified atom stereocenters. The smallest absolute Gasteiger partial charge is 0.0124 e.